The molecule has 1 N–H and O–H groups in total. The van der Waals surface area contributed by atoms with Crippen LogP contribution in [-0.2, 0) is 26.5 Å². The van der Waals surface area contributed by atoms with E-state index in [1.165, 1.54) is 19.3 Å². The van der Waals surface area contributed by atoms with Crippen LogP contribution >= 0.6 is 0 Å². The van der Waals surface area contributed by atoms with Crippen LogP contribution in [0.5, 0.6) is 0 Å². The van der Waals surface area contributed by atoms with Crippen LogP contribution in [0.25, 0.3) is 0 Å². The summed E-state index contributed by atoms with van der Waals surface area (Å²) in [5.74, 6) is -0.670. The summed E-state index contributed by atoms with van der Waals surface area (Å²) >= 11 is 0. The van der Waals surface area contributed by atoms with Crippen molar-refractivity contribution in [2.45, 2.75) is 45.4 Å². The van der Waals surface area contributed by atoms with Crippen molar-refractivity contribution in [1.29, 1.82) is 0 Å². The van der Waals surface area contributed by atoms with Crippen molar-refractivity contribution < 1.29 is 31.6 Å². The monoisotopic (exact) mass is 192 g/mol. The van der Waals surface area contributed by atoms with Crippen molar-refractivity contribution >= 4 is 5.97 Å². The molecule has 0 aliphatic heterocycles. The first-order valence-electron chi connectivity index (χ1n) is 3.99. The second-order valence-corrected chi connectivity index (χ2v) is 2.56. The van der Waals surface area contributed by atoms with Crippen molar-refractivity contribution in [3.63, 3.8) is 0 Å². The predicted octanol–water partition coefficient (Wildman–Crippen LogP) is 2.43. The number of rotatable bonds is 6. The molecule has 0 amide bonds. The van der Waals surface area contributed by atoms with E-state index in [1.807, 2.05) is 0 Å². The Morgan fingerprint density at radius 1 is 1.18 bits per heavy atom. The molecule has 0 bridgehead atoms. The summed E-state index contributed by atoms with van der Waals surface area (Å²) < 4.78 is 0. The van der Waals surface area contributed by atoms with Gasteiger partial charge in [0.15, 0.2) is 0 Å². The summed E-state index contributed by atoms with van der Waals surface area (Å²) in [7, 11) is 0. The molecule has 0 unspecified atom stereocenters. The average Bonchev–Trinajstić information content (AvgIpc) is 1.87. The van der Waals surface area contributed by atoms with Crippen LogP contribution in [0.2, 0.25) is 0 Å². The standard InChI is InChI=1S/C8H16O2.Ti/c1-2-3-4-5-6-7-8(9)10;/h2-7H2,1H3,(H,9,10);. The smallest absolute Gasteiger partial charge is 0.303 e. The van der Waals surface area contributed by atoms with E-state index in [0.29, 0.717) is 6.42 Å². The second kappa shape index (κ2) is 10.2. The van der Waals surface area contributed by atoms with Crippen LogP contribution in [0.1, 0.15) is 45.4 Å². The molecule has 0 saturated heterocycles. The Hall–Kier alpha value is 0.184. The molecule has 0 atom stereocenters. The van der Waals surface area contributed by atoms with Gasteiger partial charge in [-0.3, -0.25) is 4.79 Å². The van der Waals surface area contributed by atoms with Crippen LogP contribution in [0.4, 0.5) is 0 Å². The Bertz CT molecular complexity index is 94.1. The fourth-order valence-corrected chi connectivity index (χ4v) is 0.880. The van der Waals surface area contributed by atoms with Crippen molar-refractivity contribution in [2.75, 3.05) is 0 Å². The van der Waals surface area contributed by atoms with E-state index < -0.39 is 5.97 Å². The van der Waals surface area contributed by atoms with Crippen molar-refractivity contribution in [3.05, 3.63) is 0 Å². The van der Waals surface area contributed by atoms with E-state index in [0.717, 1.165) is 12.8 Å². The third kappa shape index (κ3) is 13.2. The largest absolute Gasteiger partial charge is 0.481 e. The number of carboxylic acid groups (broad SMARTS) is 1. The van der Waals surface area contributed by atoms with Crippen molar-refractivity contribution in [2.24, 2.45) is 0 Å². The maximum atomic E-state index is 10.0. The summed E-state index contributed by atoms with van der Waals surface area (Å²) in [6, 6.07) is 0. The van der Waals surface area contributed by atoms with Crippen LogP contribution < -0.4 is 0 Å². The zero-order chi connectivity index (χ0) is 7.82. The minimum atomic E-state index is -0.670. The first kappa shape index (κ1) is 13.8. The molecule has 0 heterocycles. The Labute approximate surface area is 83.3 Å². The summed E-state index contributed by atoms with van der Waals surface area (Å²) in [4.78, 5) is 10.0. The van der Waals surface area contributed by atoms with E-state index in [-0.39, 0.29) is 21.7 Å². The van der Waals surface area contributed by atoms with E-state index in [9.17, 15) is 4.79 Å². The van der Waals surface area contributed by atoms with Crippen molar-refractivity contribution in [3.8, 4) is 0 Å². The van der Waals surface area contributed by atoms with Crippen LogP contribution in [0.3, 0.4) is 0 Å². The van der Waals surface area contributed by atoms with E-state index in [1.54, 1.807) is 0 Å². The molecule has 64 valence electrons. The molecule has 0 radical (unpaired) electrons. The number of unbranched alkanes of at least 4 members (excludes halogenated alkanes) is 4. The summed E-state index contributed by atoms with van der Waals surface area (Å²) in [5.41, 5.74) is 0. The Morgan fingerprint density at radius 3 is 2.18 bits per heavy atom. The molecule has 2 nitrogen and oxygen atoms in total. The number of aliphatic carboxylic acids is 1. The van der Waals surface area contributed by atoms with Gasteiger partial charge >= 0.3 is 5.97 Å². The fraction of sp³-hybridized carbons (Fsp3) is 0.875. The first-order valence-corrected chi connectivity index (χ1v) is 3.99. The minimum Gasteiger partial charge on any atom is -0.481 e. The van der Waals surface area contributed by atoms with Crippen LogP contribution in [0.15, 0.2) is 0 Å². The predicted molar refractivity (Wildman–Crippen MR) is 41.0 cm³/mol. The molecule has 0 aliphatic carbocycles. The molecular formula is C8H16O2Ti. The Balaban J connectivity index is 0. The molecule has 0 fully saturated rings. The second-order valence-electron chi connectivity index (χ2n) is 2.56. The molecule has 3 heteroatoms. The van der Waals surface area contributed by atoms with Gasteiger partial charge in [-0.2, -0.15) is 0 Å². The maximum Gasteiger partial charge on any atom is 0.303 e. The molecule has 0 saturated carbocycles. The topological polar surface area (TPSA) is 37.3 Å². The number of carboxylic acids is 1. The molecule has 0 aromatic carbocycles. The summed E-state index contributed by atoms with van der Waals surface area (Å²) in [6.07, 6.45) is 5.88. The van der Waals surface area contributed by atoms with Gasteiger partial charge in [0.25, 0.3) is 0 Å². The van der Waals surface area contributed by atoms with E-state index in [4.69, 9.17) is 5.11 Å². The van der Waals surface area contributed by atoms with Gasteiger partial charge in [-0.15, -0.1) is 0 Å². The van der Waals surface area contributed by atoms with Gasteiger partial charge in [0, 0.05) is 28.1 Å². The first-order chi connectivity index (χ1) is 4.77. The van der Waals surface area contributed by atoms with Crippen LogP contribution in [0, 0.1) is 0 Å². The third-order valence-electron chi connectivity index (χ3n) is 1.49. The maximum absolute atomic E-state index is 10.0. The summed E-state index contributed by atoms with van der Waals surface area (Å²) in [5, 5.41) is 8.27. The molecular weight excluding hydrogens is 176 g/mol. The number of carbonyl (C=O) groups is 1. The summed E-state index contributed by atoms with van der Waals surface area (Å²) in [6.45, 7) is 2.15. The average molecular weight is 192 g/mol. The molecule has 0 spiro atoms. The van der Waals surface area contributed by atoms with Gasteiger partial charge in [0.1, 0.15) is 0 Å². The molecule has 0 rings (SSSR count). The molecule has 0 aromatic heterocycles. The van der Waals surface area contributed by atoms with E-state index >= 15 is 0 Å². The Morgan fingerprint density at radius 2 is 1.73 bits per heavy atom. The van der Waals surface area contributed by atoms with Crippen molar-refractivity contribution in [1.82, 2.24) is 0 Å². The van der Waals surface area contributed by atoms with Gasteiger partial charge in [0.05, 0.1) is 0 Å². The fourth-order valence-electron chi connectivity index (χ4n) is 0.880. The number of hydrogen-bond donors (Lipinski definition) is 1. The molecule has 0 aliphatic rings. The van der Waals surface area contributed by atoms with Gasteiger partial charge in [-0.05, 0) is 6.42 Å². The quantitative estimate of drug-likeness (QED) is 0.518. The zero-order valence-electron chi connectivity index (χ0n) is 7.10. The third-order valence-corrected chi connectivity index (χ3v) is 1.49. The molecule has 11 heavy (non-hydrogen) atoms. The Kier molecular flexibility index (Phi) is 12.7. The van der Waals surface area contributed by atoms with Gasteiger partial charge in [-0.1, -0.05) is 32.6 Å². The normalized spacial score (nSPS) is 8.82. The minimum absolute atomic E-state index is 0. The van der Waals surface area contributed by atoms with Gasteiger partial charge < -0.3 is 5.11 Å². The molecule has 0 aromatic rings. The van der Waals surface area contributed by atoms with Gasteiger partial charge in [-0.25, -0.2) is 0 Å². The van der Waals surface area contributed by atoms with Gasteiger partial charge in [0.2, 0.25) is 0 Å². The SMILES string of the molecule is CCCCCCCC(=O)O.[Ti]. The van der Waals surface area contributed by atoms with E-state index in [2.05, 4.69) is 6.92 Å². The van der Waals surface area contributed by atoms with Crippen LogP contribution in [-0.4, -0.2) is 11.1 Å². The zero-order valence-corrected chi connectivity index (χ0v) is 8.66. The number of hydrogen-bond acceptors (Lipinski definition) is 1.